The van der Waals surface area contributed by atoms with Gasteiger partial charge in [-0.1, -0.05) is 0 Å². The van der Waals surface area contributed by atoms with E-state index in [1.165, 1.54) is 0 Å². The van der Waals surface area contributed by atoms with Gasteiger partial charge in [-0.15, -0.1) is 0 Å². The summed E-state index contributed by atoms with van der Waals surface area (Å²) in [5.41, 5.74) is -1.50. The maximum atomic E-state index is 11.5. The number of fused-ring (bicyclic) bond motifs is 1. The first-order valence-corrected chi connectivity index (χ1v) is 17.0. The van der Waals surface area contributed by atoms with Crippen LogP contribution in [-0.4, -0.2) is 102 Å². The Bertz CT molecular complexity index is 2020. The van der Waals surface area contributed by atoms with Crippen LogP contribution in [0.25, 0.3) is 11.0 Å². The minimum atomic E-state index is -6.15. The van der Waals surface area contributed by atoms with Gasteiger partial charge in [0.2, 0.25) is 47.9 Å². The Kier molecular flexibility index (Phi) is 24.6. The molecule has 0 saturated carbocycles. The van der Waals surface area contributed by atoms with Gasteiger partial charge in [0.05, 0.1) is 6.61 Å². The molecule has 0 aliphatic carbocycles. The summed E-state index contributed by atoms with van der Waals surface area (Å²) >= 11 is 0. The maximum Gasteiger partial charge on any atom is 1.00 e. The van der Waals surface area contributed by atoms with Crippen molar-refractivity contribution in [3.05, 3.63) is 34.7 Å². The van der Waals surface area contributed by atoms with Crippen molar-refractivity contribution in [1.29, 1.82) is 0 Å². The fraction of sp³-hybridized carbons (Fsp3) is 0.400. The quantitative estimate of drug-likeness (QED) is 0.0781. The van der Waals surface area contributed by atoms with Crippen molar-refractivity contribution < 1.29 is 247 Å². The third-order valence-electron chi connectivity index (χ3n) is 4.78. The topological polar surface area (TPSA) is 381 Å². The van der Waals surface area contributed by atoms with Crippen LogP contribution >= 0.6 is 0 Å². The van der Waals surface area contributed by atoms with E-state index in [1.807, 2.05) is 0 Å². The molecule has 1 aliphatic rings. The molecular weight excluding hydrogens is 839 g/mol. The zero-order chi connectivity index (χ0) is 33.5. The second-order valence-electron chi connectivity index (χ2n) is 7.84. The van der Waals surface area contributed by atoms with Crippen LogP contribution in [0.1, 0.15) is 0 Å². The molecule has 49 heavy (non-hydrogen) atoms. The number of ether oxygens (including phenoxy) is 2. The molecule has 0 radical (unpaired) electrons. The molecule has 0 unspecified atom stereocenters. The molecule has 1 fully saturated rings. The Morgan fingerprint density at radius 2 is 1.10 bits per heavy atom. The van der Waals surface area contributed by atoms with Gasteiger partial charge in [-0.05, 0) is 12.1 Å². The van der Waals surface area contributed by atoms with E-state index in [4.69, 9.17) is 13.9 Å². The van der Waals surface area contributed by atoms with Gasteiger partial charge in [0, 0.05) is 17.5 Å². The van der Waals surface area contributed by atoms with Gasteiger partial charge in [0.15, 0.2) is 17.6 Å². The molecule has 24 nitrogen and oxygen atoms in total. The summed E-state index contributed by atoms with van der Waals surface area (Å²) in [7, 11) is -29.8. The van der Waals surface area contributed by atoms with Crippen LogP contribution in [0.3, 0.4) is 0 Å². The SMILES string of the molecule is O=c1ccc2cc(O[C@@H]3O[C@H](COS(=O)(=O)[O-])[C@@H](OS(=O)(=O)[O-])[C@H](OS(=O)(=O)[O-])[C@H]3OS(=O)(=O)[O-])c(OS(=O)(=O)[O-])cc2o1.[Na+].[Na+].[Na+].[Na+].[Na+]. The molecular formula is C15H11Na5O24S5. The predicted octanol–water partition coefficient (Wildman–Crippen LogP) is -19.2. The van der Waals surface area contributed by atoms with Crippen LogP contribution in [0.5, 0.6) is 11.5 Å². The summed E-state index contributed by atoms with van der Waals surface area (Å²) in [4.78, 5) is 11.5. The maximum absolute atomic E-state index is 11.5. The number of benzene rings is 1. The molecule has 5 atom stereocenters. The molecule has 0 spiro atoms. The van der Waals surface area contributed by atoms with Gasteiger partial charge in [0.25, 0.3) is 10.4 Å². The van der Waals surface area contributed by atoms with Crippen LogP contribution in [0.15, 0.2) is 33.5 Å². The van der Waals surface area contributed by atoms with E-state index >= 15 is 0 Å². The summed E-state index contributed by atoms with van der Waals surface area (Å²) in [6, 6.07) is 3.01. The van der Waals surface area contributed by atoms with Gasteiger partial charge in [-0.2, -0.15) is 0 Å². The van der Waals surface area contributed by atoms with Gasteiger partial charge in [0.1, 0.15) is 23.9 Å². The second kappa shape index (κ2) is 21.6. The first-order valence-electron chi connectivity index (χ1n) is 10.4. The molecule has 0 N–H and O–H groups in total. The monoisotopic (exact) mass is 850 g/mol. The van der Waals surface area contributed by atoms with Crippen LogP contribution in [0.4, 0.5) is 0 Å². The first-order chi connectivity index (χ1) is 19.8. The van der Waals surface area contributed by atoms with Crippen molar-refractivity contribution in [2.24, 2.45) is 0 Å². The zero-order valence-corrected chi connectivity index (χ0v) is 39.3. The standard InChI is InChI=1S/C15H16O24S5.5Na/c16-11-2-1-6-3-8(9(4-7(6)33-11)36-41(20,21)22)34-15-14(39-44(29,30)31)13(38-43(26,27)28)12(37-42(23,24)25)10(35-15)5-32-40(17,18)19;;;;;/h1-4,10,12-15H,5H2,(H,17,18,19)(H,20,21,22)(H,23,24,25)(H,26,27,28)(H,29,30,31);;;;;/q;5*+1/p-5/t10-,12-,13+,14-,15-;;;;;/m1...../s1. The summed E-state index contributed by atoms with van der Waals surface area (Å²) in [6.45, 7) is -1.73. The van der Waals surface area contributed by atoms with Crippen LogP contribution in [-0.2, 0) is 73.5 Å². The van der Waals surface area contributed by atoms with Crippen LogP contribution in [0, 0.1) is 0 Å². The van der Waals surface area contributed by atoms with Gasteiger partial charge >= 0.3 is 153 Å². The molecule has 1 aromatic heterocycles. The minimum Gasteiger partial charge on any atom is -0.726 e. The summed E-state index contributed by atoms with van der Waals surface area (Å²) in [5.74, 6) is -2.25. The summed E-state index contributed by atoms with van der Waals surface area (Å²) in [6.07, 6.45) is -14.6. The minimum absolute atomic E-state index is 0. The van der Waals surface area contributed by atoms with Crippen molar-refractivity contribution in [3.63, 3.8) is 0 Å². The van der Waals surface area contributed by atoms with Gasteiger partial charge in [-0.3, -0.25) is 16.7 Å². The largest absolute Gasteiger partial charge is 1.00 e. The third kappa shape index (κ3) is 19.7. The smallest absolute Gasteiger partial charge is 0.726 e. The molecule has 0 bridgehead atoms. The Morgan fingerprint density at radius 1 is 0.612 bits per heavy atom. The fourth-order valence-corrected chi connectivity index (χ4v) is 5.58. The van der Waals surface area contributed by atoms with Gasteiger partial charge < -0.3 is 40.8 Å². The Hall–Kier alpha value is 2.38. The molecule has 3 rings (SSSR count). The number of hydrogen-bond acceptors (Lipinski definition) is 24. The predicted molar refractivity (Wildman–Crippen MR) is 121 cm³/mol. The van der Waals surface area contributed by atoms with E-state index in [2.05, 4.69) is 20.9 Å². The Morgan fingerprint density at radius 3 is 1.57 bits per heavy atom. The third-order valence-corrected chi connectivity index (χ3v) is 6.96. The molecule has 2 aromatic rings. The van der Waals surface area contributed by atoms with E-state index in [0.29, 0.717) is 12.1 Å². The van der Waals surface area contributed by atoms with E-state index < -0.39 is 112 Å². The van der Waals surface area contributed by atoms with Crippen molar-refractivity contribution in [2.75, 3.05) is 6.61 Å². The molecule has 1 aliphatic heterocycles. The van der Waals surface area contributed by atoms with E-state index in [0.717, 1.165) is 12.1 Å². The molecule has 250 valence electrons. The van der Waals surface area contributed by atoms with E-state index in [-0.39, 0.29) is 153 Å². The normalized spacial score (nSPS) is 21.4. The van der Waals surface area contributed by atoms with Crippen LogP contribution < -0.4 is 162 Å². The summed E-state index contributed by atoms with van der Waals surface area (Å²) < 4.78 is 205. The Labute approximate surface area is 387 Å². The fourth-order valence-electron chi connectivity index (χ4n) is 3.46. The van der Waals surface area contributed by atoms with Crippen LogP contribution in [0.2, 0.25) is 0 Å². The number of hydrogen-bond donors (Lipinski definition) is 0. The van der Waals surface area contributed by atoms with E-state index in [1.54, 1.807) is 0 Å². The second-order valence-corrected chi connectivity index (χ2v) is 12.9. The van der Waals surface area contributed by atoms with E-state index in [9.17, 15) is 69.6 Å². The zero-order valence-electron chi connectivity index (χ0n) is 25.2. The molecule has 34 heteroatoms. The van der Waals surface area contributed by atoms with Gasteiger partial charge in [-0.25, -0.2) is 46.9 Å². The first kappa shape index (κ1) is 55.7. The Balaban J connectivity index is -0.00000423. The average molecular weight is 851 g/mol. The number of rotatable bonds is 13. The molecule has 1 saturated heterocycles. The van der Waals surface area contributed by atoms with Crippen molar-refractivity contribution in [2.45, 2.75) is 30.7 Å². The molecule has 0 amide bonds. The molecule has 1 aromatic carbocycles. The van der Waals surface area contributed by atoms with Crippen molar-refractivity contribution >= 4 is 63.0 Å². The van der Waals surface area contributed by atoms with Crippen molar-refractivity contribution in [1.82, 2.24) is 0 Å². The average Bonchev–Trinajstić information content (AvgIpc) is 2.78. The van der Waals surface area contributed by atoms with Crippen molar-refractivity contribution in [3.8, 4) is 11.5 Å². The molecule has 2 heterocycles. The summed E-state index contributed by atoms with van der Waals surface area (Å²) in [5, 5.41) is -0.189.